The van der Waals surface area contributed by atoms with Crippen LogP contribution in [0, 0.1) is 0 Å². The molecular weight excluding hydrogens is 226 g/mol. The van der Waals surface area contributed by atoms with E-state index >= 15 is 0 Å². The molecule has 1 aliphatic rings. The van der Waals surface area contributed by atoms with Crippen LogP contribution in [0.1, 0.15) is 31.1 Å². The Labute approximate surface area is 96.1 Å². The molecule has 2 N–H and O–H groups in total. The third-order valence-corrected chi connectivity index (χ3v) is 2.54. The number of benzene rings is 1. The highest BCUT2D eigenvalue weighted by Gasteiger charge is 2.35. The second-order valence-electron chi connectivity index (χ2n) is 3.55. The number of amides is 2. The van der Waals surface area contributed by atoms with Crippen LogP contribution >= 0.6 is 0 Å². The Balaban J connectivity index is 2.47. The summed E-state index contributed by atoms with van der Waals surface area (Å²) in [6.45, 7) is -0.411. The molecule has 0 aromatic heterocycles. The van der Waals surface area contributed by atoms with Crippen LogP contribution in [-0.4, -0.2) is 46.0 Å². The lowest BCUT2D eigenvalue weighted by molar-refractivity contribution is 0.0623. The SMILES string of the molecule is O=C(O)c1ccc2c(c1)C(=O)N(CCO)C2=O. The van der Waals surface area contributed by atoms with E-state index in [1.807, 2.05) is 0 Å². The van der Waals surface area contributed by atoms with Crippen molar-refractivity contribution in [2.45, 2.75) is 0 Å². The summed E-state index contributed by atoms with van der Waals surface area (Å²) in [5.74, 6) is -2.23. The number of β-amino-alcohol motifs (C(OH)–C–C–N with tert-alkyl or cyclic N) is 1. The molecule has 6 heteroatoms. The second-order valence-corrected chi connectivity index (χ2v) is 3.55. The average Bonchev–Trinajstić information content (AvgIpc) is 2.54. The van der Waals surface area contributed by atoms with Gasteiger partial charge in [0.25, 0.3) is 11.8 Å². The van der Waals surface area contributed by atoms with Gasteiger partial charge in [0.2, 0.25) is 0 Å². The van der Waals surface area contributed by atoms with Crippen molar-refractivity contribution >= 4 is 17.8 Å². The number of carbonyl (C=O) groups excluding carboxylic acids is 2. The van der Waals surface area contributed by atoms with E-state index in [0.717, 1.165) is 4.90 Å². The average molecular weight is 235 g/mol. The molecule has 1 heterocycles. The normalized spacial score (nSPS) is 14.1. The molecule has 0 atom stereocenters. The van der Waals surface area contributed by atoms with Crippen molar-refractivity contribution in [1.29, 1.82) is 0 Å². The first-order valence-corrected chi connectivity index (χ1v) is 4.90. The van der Waals surface area contributed by atoms with E-state index in [0.29, 0.717) is 0 Å². The molecule has 1 aromatic rings. The van der Waals surface area contributed by atoms with E-state index in [2.05, 4.69) is 0 Å². The van der Waals surface area contributed by atoms with Crippen LogP contribution in [-0.2, 0) is 0 Å². The number of hydrogen-bond donors (Lipinski definition) is 2. The Kier molecular flexibility index (Phi) is 2.64. The number of fused-ring (bicyclic) bond motifs is 1. The highest BCUT2D eigenvalue weighted by atomic mass is 16.4. The Morgan fingerprint density at radius 3 is 2.41 bits per heavy atom. The second kappa shape index (κ2) is 3.99. The van der Waals surface area contributed by atoms with Crippen molar-refractivity contribution in [3.05, 3.63) is 34.9 Å². The zero-order valence-electron chi connectivity index (χ0n) is 8.71. The fraction of sp³-hybridized carbons (Fsp3) is 0.182. The van der Waals surface area contributed by atoms with E-state index < -0.39 is 17.8 Å². The largest absolute Gasteiger partial charge is 0.478 e. The first-order valence-electron chi connectivity index (χ1n) is 4.90. The van der Waals surface area contributed by atoms with Gasteiger partial charge in [-0.25, -0.2) is 4.79 Å². The molecular formula is C11H9NO5. The molecule has 0 spiro atoms. The summed E-state index contributed by atoms with van der Waals surface area (Å²) < 4.78 is 0. The van der Waals surface area contributed by atoms with Crippen LogP contribution in [0.4, 0.5) is 0 Å². The predicted molar refractivity (Wildman–Crippen MR) is 55.9 cm³/mol. The van der Waals surface area contributed by atoms with E-state index in [9.17, 15) is 14.4 Å². The van der Waals surface area contributed by atoms with Crippen molar-refractivity contribution in [2.75, 3.05) is 13.2 Å². The maximum atomic E-state index is 11.8. The molecule has 0 aliphatic carbocycles. The number of aromatic carboxylic acids is 1. The zero-order valence-corrected chi connectivity index (χ0v) is 8.71. The van der Waals surface area contributed by atoms with Crippen LogP contribution < -0.4 is 0 Å². The smallest absolute Gasteiger partial charge is 0.335 e. The zero-order chi connectivity index (χ0) is 12.6. The number of carboxylic acids is 1. The fourth-order valence-electron chi connectivity index (χ4n) is 1.73. The lowest BCUT2D eigenvalue weighted by Crippen LogP contribution is -2.32. The third kappa shape index (κ3) is 1.68. The first kappa shape index (κ1) is 11.3. The molecule has 0 unspecified atom stereocenters. The summed E-state index contributed by atoms with van der Waals surface area (Å²) in [5.41, 5.74) is 0.201. The number of carboxylic acid groups (broad SMARTS) is 1. The standard InChI is InChI=1S/C11H9NO5/c13-4-3-12-9(14)7-2-1-6(11(16)17)5-8(7)10(12)15/h1-2,5,13H,3-4H2,(H,16,17). The van der Waals surface area contributed by atoms with Crippen molar-refractivity contribution in [3.8, 4) is 0 Å². The van der Waals surface area contributed by atoms with Gasteiger partial charge in [-0.15, -0.1) is 0 Å². The van der Waals surface area contributed by atoms with Gasteiger partial charge in [-0.1, -0.05) is 0 Å². The van der Waals surface area contributed by atoms with Crippen LogP contribution in [0.2, 0.25) is 0 Å². The lowest BCUT2D eigenvalue weighted by Gasteiger charge is -2.10. The van der Waals surface area contributed by atoms with Gasteiger partial charge in [-0.3, -0.25) is 14.5 Å². The summed E-state index contributed by atoms with van der Waals surface area (Å²) in [6, 6.07) is 3.76. The molecule has 17 heavy (non-hydrogen) atoms. The summed E-state index contributed by atoms with van der Waals surface area (Å²) in [7, 11) is 0. The molecule has 0 radical (unpaired) electrons. The number of rotatable bonds is 3. The van der Waals surface area contributed by atoms with Gasteiger partial charge in [0.1, 0.15) is 0 Å². The third-order valence-electron chi connectivity index (χ3n) is 2.54. The van der Waals surface area contributed by atoms with Crippen LogP contribution in [0.3, 0.4) is 0 Å². The summed E-state index contributed by atoms with van der Waals surface area (Å²) in [4.78, 5) is 35.1. The monoisotopic (exact) mass is 235 g/mol. The summed E-state index contributed by atoms with van der Waals surface area (Å²) >= 11 is 0. The minimum atomic E-state index is -1.16. The molecule has 2 amide bonds. The molecule has 0 saturated heterocycles. The van der Waals surface area contributed by atoms with E-state index in [-0.39, 0.29) is 29.8 Å². The Morgan fingerprint density at radius 2 is 1.82 bits per heavy atom. The van der Waals surface area contributed by atoms with Crippen molar-refractivity contribution in [1.82, 2.24) is 4.90 Å². The van der Waals surface area contributed by atoms with Crippen molar-refractivity contribution in [2.24, 2.45) is 0 Å². The highest BCUT2D eigenvalue weighted by Crippen LogP contribution is 2.23. The minimum absolute atomic E-state index is 0.0456. The molecule has 88 valence electrons. The van der Waals surface area contributed by atoms with Gasteiger partial charge in [0, 0.05) is 0 Å². The number of hydrogen-bond acceptors (Lipinski definition) is 4. The first-order chi connectivity index (χ1) is 8.06. The number of aliphatic hydroxyl groups excluding tert-OH is 1. The Hall–Kier alpha value is -2.21. The molecule has 1 aromatic carbocycles. The number of aliphatic hydroxyl groups is 1. The number of carbonyl (C=O) groups is 3. The molecule has 6 nitrogen and oxygen atoms in total. The van der Waals surface area contributed by atoms with Crippen molar-refractivity contribution < 1.29 is 24.6 Å². The Morgan fingerprint density at radius 1 is 1.18 bits per heavy atom. The minimum Gasteiger partial charge on any atom is -0.478 e. The lowest BCUT2D eigenvalue weighted by atomic mass is 10.1. The van der Waals surface area contributed by atoms with E-state index in [4.69, 9.17) is 10.2 Å². The Bertz CT molecular complexity index is 523. The van der Waals surface area contributed by atoms with Gasteiger partial charge >= 0.3 is 5.97 Å². The van der Waals surface area contributed by atoms with Gasteiger partial charge < -0.3 is 10.2 Å². The van der Waals surface area contributed by atoms with Gasteiger partial charge in [-0.2, -0.15) is 0 Å². The quantitative estimate of drug-likeness (QED) is 0.717. The van der Waals surface area contributed by atoms with Gasteiger partial charge in [-0.05, 0) is 18.2 Å². The summed E-state index contributed by atoms with van der Waals surface area (Å²) in [5, 5.41) is 17.5. The highest BCUT2D eigenvalue weighted by molar-refractivity contribution is 6.21. The van der Waals surface area contributed by atoms with Gasteiger partial charge in [0.05, 0.1) is 29.8 Å². The maximum Gasteiger partial charge on any atom is 0.335 e. The number of nitrogens with zero attached hydrogens (tertiary/aromatic N) is 1. The van der Waals surface area contributed by atoms with Crippen LogP contribution in [0.5, 0.6) is 0 Å². The number of imide groups is 1. The molecule has 0 saturated carbocycles. The predicted octanol–water partition coefficient (Wildman–Crippen LogP) is -0.0269. The molecule has 2 rings (SSSR count). The summed E-state index contributed by atoms with van der Waals surface area (Å²) in [6.07, 6.45) is 0. The molecule has 1 aliphatic heterocycles. The topological polar surface area (TPSA) is 94.9 Å². The van der Waals surface area contributed by atoms with Gasteiger partial charge in [0.15, 0.2) is 0 Å². The van der Waals surface area contributed by atoms with E-state index in [1.165, 1.54) is 18.2 Å². The van der Waals surface area contributed by atoms with E-state index in [1.54, 1.807) is 0 Å². The van der Waals surface area contributed by atoms with Crippen LogP contribution in [0.15, 0.2) is 18.2 Å². The van der Waals surface area contributed by atoms with Crippen molar-refractivity contribution in [3.63, 3.8) is 0 Å². The molecule has 0 fully saturated rings. The fourth-order valence-corrected chi connectivity index (χ4v) is 1.73. The maximum absolute atomic E-state index is 11.8. The molecule has 0 bridgehead atoms. The van der Waals surface area contributed by atoms with Crippen LogP contribution in [0.25, 0.3) is 0 Å².